The number of halogens is 1. The van der Waals surface area contributed by atoms with Gasteiger partial charge in [0.2, 0.25) is 5.91 Å². The number of carbonyl (C=O) groups is 1. The molecule has 0 radical (unpaired) electrons. The first kappa shape index (κ1) is 17.0. The SMILES string of the molecule is Cc1c(NC(=O)CSCc2ccc(F)cc2)cccc1[N+](=O)[O-]. The van der Waals surface area contributed by atoms with Crippen LogP contribution in [0, 0.1) is 22.9 Å². The molecule has 2 aromatic rings. The van der Waals surface area contributed by atoms with Crippen molar-refractivity contribution in [2.75, 3.05) is 11.1 Å². The van der Waals surface area contributed by atoms with Crippen molar-refractivity contribution < 1.29 is 14.1 Å². The van der Waals surface area contributed by atoms with Crippen LogP contribution < -0.4 is 5.32 Å². The molecule has 0 fully saturated rings. The Morgan fingerprint density at radius 1 is 1.26 bits per heavy atom. The summed E-state index contributed by atoms with van der Waals surface area (Å²) >= 11 is 1.39. The average molecular weight is 334 g/mol. The lowest BCUT2D eigenvalue weighted by atomic mass is 10.1. The molecular weight excluding hydrogens is 319 g/mol. The summed E-state index contributed by atoms with van der Waals surface area (Å²) in [5.41, 5.74) is 1.76. The molecule has 2 rings (SSSR count). The highest BCUT2D eigenvalue weighted by Crippen LogP contribution is 2.25. The third kappa shape index (κ3) is 4.79. The van der Waals surface area contributed by atoms with Crippen molar-refractivity contribution in [3.05, 3.63) is 69.5 Å². The number of amides is 1. The van der Waals surface area contributed by atoms with Crippen LogP contribution in [0.4, 0.5) is 15.8 Å². The second-order valence-corrected chi connectivity index (χ2v) is 5.86. The number of rotatable bonds is 6. The topological polar surface area (TPSA) is 72.2 Å². The lowest BCUT2D eigenvalue weighted by Gasteiger charge is -2.08. The van der Waals surface area contributed by atoms with Crippen molar-refractivity contribution >= 4 is 29.0 Å². The first-order chi connectivity index (χ1) is 11.0. The van der Waals surface area contributed by atoms with Crippen molar-refractivity contribution in [1.82, 2.24) is 0 Å². The van der Waals surface area contributed by atoms with Crippen LogP contribution in [0.25, 0.3) is 0 Å². The van der Waals surface area contributed by atoms with E-state index in [4.69, 9.17) is 0 Å². The van der Waals surface area contributed by atoms with Crippen molar-refractivity contribution in [2.45, 2.75) is 12.7 Å². The molecule has 1 amide bonds. The van der Waals surface area contributed by atoms with E-state index in [1.165, 1.54) is 36.0 Å². The summed E-state index contributed by atoms with van der Waals surface area (Å²) in [5.74, 6) is 0.263. The third-order valence-electron chi connectivity index (χ3n) is 3.19. The summed E-state index contributed by atoms with van der Waals surface area (Å²) in [7, 11) is 0. The number of hydrogen-bond acceptors (Lipinski definition) is 4. The van der Waals surface area contributed by atoms with E-state index >= 15 is 0 Å². The minimum atomic E-state index is -0.478. The molecule has 0 saturated heterocycles. The molecule has 1 N–H and O–H groups in total. The molecule has 0 spiro atoms. The predicted octanol–water partition coefficient (Wildman–Crippen LogP) is 3.91. The highest BCUT2D eigenvalue weighted by atomic mass is 32.2. The minimum absolute atomic E-state index is 0.0261. The van der Waals surface area contributed by atoms with Crippen LogP contribution in [0.5, 0.6) is 0 Å². The fraction of sp³-hybridized carbons (Fsp3) is 0.188. The van der Waals surface area contributed by atoms with Crippen LogP contribution in [0.2, 0.25) is 0 Å². The molecule has 0 aliphatic rings. The van der Waals surface area contributed by atoms with E-state index in [0.29, 0.717) is 17.0 Å². The van der Waals surface area contributed by atoms with Crippen molar-refractivity contribution in [1.29, 1.82) is 0 Å². The summed E-state index contributed by atoms with van der Waals surface area (Å²) in [6.07, 6.45) is 0. The summed E-state index contributed by atoms with van der Waals surface area (Å²) < 4.78 is 12.8. The quantitative estimate of drug-likeness (QED) is 0.642. The number of anilines is 1. The van der Waals surface area contributed by atoms with Gasteiger partial charge in [-0.2, -0.15) is 0 Å². The van der Waals surface area contributed by atoms with Crippen molar-refractivity contribution in [2.24, 2.45) is 0 Å². The van der Waals surface area contributed by atoms with Gasteiger partial charge in [0.05, 0.1) is 21.9 Å². The number of carbonyl (C=O) groups excluding carboxylic acids is 1. The summed E-state index contributed by atoms with van der Waals surface area (Å²) in [5, 5.41) is 13.6. The lowest BCUT2D eigenvalue weighted by molar-refractivity contribution is -0.385. The maximum absolute atomic E-state index is 12.8. The Morgan fingerprint density at radius 2 is 1.96 bits per heavy atom. The van der Waals surface area contributed by atoms with Crippen LogP contribution >= 0.6 is 11.8 Å². The Hall–Kier alpha value is -2.41. The Labute approximate surface area is 137 Å². The van der Waals surface area contributed by atoms with E-state index in [9.17, 15) is 19.3 Å². The molecule has 0 bridgehead atoms. The fourth-order valence-corrected chi connectivity index (χ4v) is 2.77. The van der Waals surface area contributed by atoms with Gasteiger partial charge in [-0.15, -0.1) is 11.8 Å². The number of nitrogens with one attached hydrogen (secondary N) is 1. The van der Waals surface area contributed by atoms with Crippen LogP contribution in [0.15, 0.2) is 42.5 Å². The van der Waals surface area contributed by atoms with Crippen molar-refractivity contribution in [3.63, 3.8) is 0 Å². The molecule has 0 aliphatic carbocycles. The summed E-state index contributed by atoms with van der Waals surface area (Å²) in [6, 6.07) is 10.7. The molecule has 7 heteroatoms. The zero-order valence-corrected chi connectivity index (χ0v) is 13.2. The number of hydrogen-bond donors (Lipinski definition) is 1. The van der Waals surface area contributed by atoms with Gasteiger partial charge in [-0.3, -0.25) is 14.9 Å². The number of nitro groups is 1. The highest BCUT2D eigenvalue weighted by Gasteiger charge is 2.14. The standard InChI is InChI=1S/C16H15FN2O3S/c1-11-14(3-2-4-15(11)19(21)22)18-16(20)10-23-9-12-5-7-13(17)8-6-12/h2-8H,9-10H2,1H3,(H,18,20). The number of thioether (sulfide) groups is 1. The van der Waals surface area contributed by atoms with Gasteiger partial charge in [0.25, 0.3) is 5.69 Å². The van der Waals surface area contributed by atoms with E-state index in [-0.39, 0.29) is 23.2 Å². The predicted molar refractivity (Wildman–Crippen MR) is 89.0 cm³/mol. The molecule has 0 atom stereocenters. The zero-order valence-electron chi connectivity index (χ0n) is 12.4. The van der Waals surface area contributed by atoms with Crippen LogP contribution in [0.3, 0.4) is 0 Å². The van der Waals surface area contributed by atoms with E-state index < -0.39 is 4.92 Å². The van der Waals surface area contributed by atoms with E-state index in [1.807, 2.05) is 0 Å². The molecule has 120 valence electrons. The number of nitrogens with zero attached hydrogens (tertiary/aromatic N) is 1. The second-order valence-electron chi connectivity index (χ2n) is 4.87. The van der Waals surface area contributed by atoms with Gasteiger partial charge in [-0.05, 0) is 30.7 Å². The Kier molecular flexibility index (Phi) is 5.70. The molecule has 0 aliphatic heterocycles. The molecule has 2 aromatic carbocycles. The van der Waals surface area contributed by atoms with Crippen LogP contribution in [0.1, 0.15) is 11.1 Å². The molecule has 5 nitrogen and oxygen atoms in total. The first-order valence-electron chi connectivity index (χ1n) is 6.83. The maximum Gasteiger partial charge on any atom is 0.274 e. The Morgan fingerprint density at radius 3 is 2.61 bits per heavy atom. The summed E-state index contributed by atoms with van der Waals surface area (Å²) in [6.45, 7) is 1.60. The van der Waals surface area contributed by atoms with Gasteiger partial charge in [0.15, 0.2) is 0 Å². The largest absolute Gasteiger partial charge is 0.325 e. The van der Waals surface area contributed by atoms with E-state index in [0.717, 1.165) is 5.56 Å². The monoisotopic (exact) mass is 334 g/mol. The average Bonchev–Trinajstić information content (AvgIpc) is 2.51. The minimum Gasteiger partial charge on any atom is -0.325 e. The van der Waals surface area contributed by atoms with E-state index in [2.05, 4.69) is 5.32 Å². The lowest BCUT2D eigenvalue weighted by Crippen LogP contribution is -2.15. The molecule has 23 heavy (non-hydrogen) atoms. The van der Waals surface area contributed by atoms with Gasteiger partial charge >= 0.3 is 0 Å². The zero-order chi connectivity index (χ0) is 16.8. The van der Waals surface area contributed by atoms with Gasteiger partial charge in [0.1, 0.15) is 5.82 Å². The number of benzene rings is 2. The number of nitro benzene ring substituents is 1. The highest BCUT2D eigenvalue weighted by molar-refractivity contribution is 7.99. The molecule has 0 aromatic heterocycles. The van der Waals surface area contributed by atoms with Crippen LogP contribution in [-0.4, -0.2) is 16.6 Å². The summed E-state index contributed by atoms with van der Waals surface area (Å²) in [4.78, 5) is 22.3. The third-order valence-corrected chi connectivity index (χ3v) is 4.19. The smallest absolute Gasteiger partial charge is 0.274 e. The Balaban J connectivity index is 1.89. The van der Waals surface area contributed by atoms with Gasteiger partial charge in [-0.25, -0.2) is 4.39 Å². The van der Waals surface area contributed by atoms with E-state index in [1.54, 1.807) is 25.1 Å². The normalized spacial score (nSPS) is 10.3. The maximum atomic E-state index is 12.8. The molecule has 0 heterocycles. The Bertz CT molecular complexity index is 720. The van der Waals surface area contributed by atoms with Crippen LogP contribution in [-0.2, 0) is 10.5 Å². The fourth-order valence-electron chi connectivity index (χ4n) is 1.99. The van der Waals surface area contributed by atoms with Gasteiger partial charge < -0.3 is 5.32 Å². The van der Waals surface area contributed by atoms with Crippen molar-refractivity contribution in [3.8, 4) is 0 Å². The molecule has 0 unspecified atom stereocenters. The second kappa shape index (κ2) is 7.73. The van der Waals surface area contributed by atoms with Gasteiger partial charge in [0, 0.05) is 11.8 Å². The van der Waals surface area contributed by atoms with Gasteiger partial charge in [-0.1, -0.05) is 18.2 Å². The first-order valence-corrected chi connectivity index (χ1v) is 7.99. The molecule has 0 saturated carbocycles. The molecular formula is C16H15FN2O3S.